The highest BCUT2D eigenvalue weighted by Gasteiger charge is 2.32. The lowest BCUT2D eigenvalue weighted by molar-refractivity contribution is 0.0173. The van der Waals surface area contributed by atoms with Crippen molar-refractivity contribution in [2.45, 2.75) is 6.23 Å². The fraction of sp³-hybridized carbons (Fsp3) is 0.125. The van der Waals surface area contributed by atoms with E-state index in [-0.39, 0.29) is 5.91 Å². The van der Waals surface area contributed by atoms with Crippen molar-refractivity contribution in [3.63, 3.8) is 0 Å². The molecule has 0 saturated heterocycles. The SMILES string of the molecule is NN1C(=O)c2ccccc2C1O. The van der Waals surface area contributed by atoms with E-state index in [1.54, 1.807) is 24.3 Å². The van der Waals surface area contributed by atoms with Crippen molar-refractivity contribution >= 4 is 5.91 Å². The molecule has 1 aliphatic rings. The van der Waals surface area contributed by atoms with Crippen LogP contribution in [0.1, 0.15) is 22.1 Å². The van der Waals surface area contributed by atoms with E-state index in [0.717, 1.165) is 5.01 Å². The van der Waals surface area contributed by atoms with Crippen LogP contribution in [0.15, 0.2) is 24.3 Å². The van der Waals surface area contributed by atoms with Gasteiger partial charge in [-0.05, 0) is 6.07 Å². The zero-order chi connectivity index (χ0) is 8.72. The molecule has 0 aromatic heterocycles. The molecule has 1 amide bonds. The summed E-state index contributed by atoms with van der Waals surface area (Å²) in [5.41, 5.74) is 1.05. The molecule has 1 aromatic rings. The summed E-state index contributed by atoms with van der Waals surface area (Å²) in [5, 5.41) is 10.2. The first-order valence-corrected chi connectivity index (χ1v) is 3.57. The van der Waals surface area contributed by atoms with E-state index >= 15 is 0 Å². The Morgan fingerprint density at radius 1 is 1.42 bits per heavy atom. The third kappa shape index (κ3) is 0.760. The summed E-state index contributed by atoms with van der Waals surface area (Å²) in [5.74, 6) is 4.97. The van der Waals surface area contributed by atoms with Gasteiger partial charge in [-0.1, -0.05) is 18.2 Å². The number of aliphatic hydroxyl groups excluding tert-OH is 1. The van der Waals surface area contributed by atoms with Gasteiger partial charge in [0, 0.05) is 11.1 Å². The second kappa shape index (κ2) is 2.30. The summed E-state index contributed by atoms with van der Waals surface area (Å²) in [6.45, 7) is 0. The molecule has 0 saturated carbocycles. The zero-order valence-corrected chi connectivity index (χ0v) is 6.27. The molecule has 0 aliphatic carbocycles. The predicted molar refractivity (Wildman–Crippen MR) is 41.8 cm³/mol. The minimum atomic E-state index is -0.992. The highest BCUT2D eigenvalue weighted by atomic mass is 16.3. The summed E-state index contributed by atoms with van der Waals surface area (Å²) in [6.07, 6.45) is -0.992. The van der Waals surface area contributed by atoms with Crippen LogP contribution in [-0.2, 0) is 0 Å². The summed E-state index contributed by atoms with van der Waals surface area (Å²) >= 11 is 0. The van der Waals surface area contributed by atoms with Crippen molar-refractivity contribution in [2.75, 3.05) is 0 Å². The molecule has 1 aliphatic heterocycles. The number of hydrazine groups is 1. The van der Waals surface area contributed by atoms with Crippen LogP contribution in [0.25, 0.3) is 0 Å². The molecule has 1 atom stereocenters. The Kier molecular flexibility index (Phi) is 1.39. The summed E-state index contributed by atoms with van der Waals surface area (Å²) in [7, 11) is 0. The van der Waals surface area contributed by atoms with Gasteiger partial charge in [0.2, 0.25) is 0 Å². The van der Waals surface area contributed by atoms with Crippen LogP contribution in [0.2, 0.25) is 0 Å². The van der Waals surface area contributed by atoms with E-state index in [1.807, 2.05) is 0 Å². The Hall–Kier alpha value is -1.39. The minimum absolute atomic E-state index is 0.335. The van der Waals surface area contributed by atoms with Gasteiger partial charge in [-0.2, -0.15) is 0 Å². The normalized spacial score (nSPS) is 21.3. The monoisotopic (exact) mass is 164 g/mol. The molecule has 2 rings (SSSR count). The molecule has 0 fully saturated rings. The van der Waals surface area contributed by atoms with Crippen molar-refractivity contribution in [2.24, 2.45) is 5.84 Å². The van der Waals surface area contributed by atoms with Gasteiger partial charge in [-0.25, -0.2) is 10.9 Å². The molecule has 0 bridgehead atoms. The molecule has 4 nitrogen and oxygen atoms in total. The number of carbonyl (C=O) groups excluding carboxylic acids is 1. The lowest BCUT2D eigenvalue weighted by atomic mass is 10.1. The lowest BCUT2D eigenvalue weighted by Gasteiger charge is -2.12. The Bertz CT molecular complexity index is 338. The Balaban J connectivity index is 2.59. The Labute approximate surface area is 69.2 Å². The van der Waals surface area contributed by atoms with Crippen molar-refractivity contribution in [3.8, 4) is 0 Å². The fourth-order valence-electron chi connectivity index (χ4n) is 1.32. The zero-order valence-electron chi connectivity index (χ0n) is 6.27. The van der Waals surface area contributed by atoms with Crippen LogP contribution in [0, 0.1) is 0 Å². The Morgan fingerprint density at radius 3 is 2.75 bits per heavy atom. The first-order chi connectivity index (χ1) is 5.72. The lowest BCUT2D eigenvalue weighted by Crippen LogP contribution is -2.34. The topological polar surface area (TPSA) is 66.6 Å². The highest BCUT2D eigenvalue weighted by molar-refractivity contribution is 5.98. The third-order valence-electron chi connectivity index (χ3n) is 1.97. The third-order valence-corrected chi connectivity index (χ3v) is 1.97. The molecule has 1 heterocycles. The number of aliphatic hydroxyl groups is 1. The molecule has 12 heavy (non-hydrogen) atoms. The number of hydrogen-bond acceptors (Lipinski definition) is 3. The van der Waals surface area contributed by atoms with Crippen LogP contribution >= 0.6 is 0 Å². The van der Waals surface area contributed by atoms with E-state index in [2.05, 4.69) is 0 Å². The minimum Gasteiger partial charge on any atom is -0.368 e. The first-order valence-electron chi connectivity index (χ1n) is 3.57. The average molecular weight is 164 g/mol. The average Bonchev–Trinajstić information content (AvgIpc) is 2.33. The largest absolute Gasteiger partial charge is 0.368 e. The molecule has 0 spiro atoms. The number of nitrogens with two attached hydrogens (primary N) is 1. The van der Waals surface area contributed by atoms with Gasteiger partial charge in [0.05, 0.1) is 0 Å². The molecule has 1 unspecified atom stereocenters. The Morgan fingerprint density at radius 2 is 2.08 bits per heavy atom. The highest BCUT2D eigenvalue weighted by Crippen LogP contribution is 2.27. The van der Waals surface area contributed by atoms with Crippen LogP contribution in [0.3, 0.4) is 0 Å². The summed E-state index contributed by atoms with van der Waals surface area (Å²) < 4.78 is 0. The van der Waals surface area contributed by atoms with E-state index < -0.39 is 6.23 Å². The molecule has 62 valence electrons. The van der Waals surface area contributed by atoms with E-state index in [0.29, 0.717) is 11.1 Å². The quantitative estimate of drug-likeness (QED) is 0.419. The number of hydrogen-bond donors (Lipinski definition) is 2. The molecular formula is C8H8N2O2. The maximum Gasteiger partial charge on any atom is 0.270 e. The summed E-state index contributed by atoms with van der Waals surface area (Å²) in [4.78, 5) is 11.2. The molecule has 3 N–H and O–H groups in total. The van der Waals surface area contributed by atoms with Crippen molar-refractivity contribution in [3.05, 3.63) is 35.4 Å². The maximum atomic E-state index is 11.2. The van der Waals surface area contributed by atoms with Gasteiger partial charge < -0.3 is 5.11 Å². The first kappa shape index (κ1) is 7.27. The molecule has 4 heteroatoms. The molecule has 0 radical (unpaired) electrons. The predicted octanol–water partition coefficient (Wildman–Crippen LogP) is 0.00700. The van der Waals surface area contributed by atoms with Crippen LogP contribution in [0.4, 0.5) is 0 Å². The van der Waals surface area contributed by atoms with Crippen molar-refractivity contribution < 1.29 is 9.90 Å². The summed E-state index contributed by atoms with van der Waals surface area (Å²) in [6, 6.07) is 6.83. The number of fused-ring (bicyclic) bond motifs is 1. The van der Waals surface area contributed by atoms with Gasteiger partial charge in [0.1, 0.15) is 0 Å². The second-order valence-corrected chi connectivity index (χ2v) is 2.67. The van der Waals surface area contributed by atoms with Gasteiger partial charge >= 0.3 is 0 Å². The van der Waals surface area contributed by atoms with Gasteiger partial charge in [-0.3, -0.25) is 4.79 Å². The van der Waals surface area contributed by atoms with Gasteiger partial charge in [-0.15, -0.1) is 0 Å². The smallest absolute Gasteiger partial charge is 0.270 e. The van der Waals surface area contributed by atoms with E-state index in [9.17, 15) is 9.90 Å². The van der Waals surface area contributed by atoms with Crippen LogP contribution in [-0.4, -0.2) is 16.0 Å². The van der Waals surface area contributed by atoms with Crippen LogP contribution in [0.5, 0.6) is 0 Å². The van der Waals surface area contributed by atoms with Crippen molar-refractivity contribution in [1.82, 2.24) is 5.01 Å². The number of carbonyl (C=O) groups is 1. The number of amides is 1. The molecule has 1 aromatic carbocycles. The van der Waals surface area contributed by atoms with E-state index in [1.165, 1.54) is 0 Å². The van der Waals surface area contributed by atoms with Gasteiger partial charge in [0.15, 0.2) is 6.23 Å². The maximum absolute atomic E-state index is 11.2. The van der Waals surface area contributed by atoms with Gasteiger partial charge in [0.25, 0.3) is 5.91 Å². The van der Waals surface area contributed by atoms with E-state index in [4.69, 9.17) is 5.84 Å². The van der Waals surface area contributed by atoms with Crippen LogP contribution < -0.4 is 5.84 Å². The standard InChI is InChI=1S/C8H8N2O2/c9-10-7(11)5-3-1-2-4-6(5)8(10)12/h1-4,7,11H,9H2. The fourth-order valence-corrected chi connectivity index (χ4v) is 1.32. The number of nitrogens with zero attached hydrogens (tertiary/aromatic N) is 1. The second-order valence-electron chi connectivity index (χ2n) is 2.67. The molecular weight excluding hydrogens is 156 g/mol. The number of benzene rings is 1. The number of rotatable bonds is 0. The van der Waals surface area contributed by atoms with Crippen molar-refractivity contribution in [1.29, 1.82) is 0 Å².